The first-order valence-electron chi connectivity index (χ1n) is 6.61. The SMILES string of the molecule is CCC(=CCC1=CC(=O)N(c2ccccc2)C1=O)C(=O)O. The fraction of sp³-hybridized carbons (Fsp3) is 0.188. The van der Waals surface area contributed by atoms with Gasteiger partial charge in [0.25, 0.3) is 11.8 Å². The highest BCUT2D eigenvalue weighted by Gasteiger charge is 2.31. The maximum Gasteiger partial charge on any atom is 0.331 e. The molecule has 0 radical (unpaired) electrons. The molecule has 1 N–H and O–H groups in total. The Labute approximate surface area is 122 Å². The molecule has 2 rings (SSSR count). The molecule has 0 unspecified atom stereocenters. The topological polar surface area (TPSA) is 74.7 Å². The normalized spacial score (nSPS) is 15.4. The van der Waals surface area contributed by atoms with E-state index < -0.39 is 17.8 Å². The van der Waals surface area contributed by atoms with Crippen molar-refractivity contribution >= 4 is 23.5 Å². The van der Waals surface area contributed by atoms with Crippen LogP contribution in [-0.2, 0) is 14.4 Å². The summed E-state index contributed by atoms with van der Waals surface area (Å²) >= 11 is 0. The van der Waals surface area contributed by atoms with Gasteiger partial charge in [-0.15, -0.1) is 0 Å². The van der Waals surface area contributed by atoms with Gasteiger partial charge in [0.1, 0.15) is 0 Å². The first-order valence-corrected chi connectivity index (χ1v) is 6.61. The molecule has 1 aromatic carbocycles. The molecule has 1 aliphatic heterocycles. The summed E-state index contributed by atoms with van der Waals surface area (Å²) in [6, 6.07) is 8.64. The number of imide groups is 1. The van der Waals surface area contributed by atoms with Crippen LogP contribution < -0.4 is 4.90 Å². The average Bonchev–Trinajstić information content (AvgIpc) is 2.75. The number of carboxylic acid groups (broad SMARTS) is 1. The quantitative estimate of drug-likeness (QED) is 0.665. The van der Waals surface area contributed by atoms with Gasteiger partial charge in [0.05, 0.1) is 5.69 Å². The lowest BCUT2D eigenvalue weighted by Gasteiger charge is -2.14. The smallest absolute Gasteiger partial charge is 0.331 e. The van der Waals surface area contributed by atoms with E-state index in [1.54, 1.807) is 37.3 Å². The summed E-state index contributed by atoms with van der Waals surface area (Å²) in [4.78, 5) is 36.2. The van der Waals surface area contributed by atoms with E-state index in [-0.39, 0.29) is 12.0 Å². The molecule has 0 saturated carbocycles. The number of carbonyl (C=O) groups excluding carboxylic acids is 2. The van der Waals surface area contributed by atoms with Gasteiger partial charge in [0, 0.05) is 17.2 Å². The summed E-state index contributed by atoms with van der Waals surface area (Å²) in [5.41, 5.74) is 1.04. The van der Waals surface area contributed by atoms with E-state index >= 15 is 0 Å². The molecule has 0 aliphatic carbocycles. The summed E-state index contributed by atoms with van der Waals surface area (Å²) in [6.45, 7) is 1.73. The highest BCUT2D eigenvalue weighted by atomic mass is 16.4. The van der Waals surface area contributed by atoms with Crippen LogP contribution in [0.4, 0.5) is 5.69 Å². The first-order chi connectivity index (χ1) is 10.0. The minimum Gasteiger partial charge on any atom is -0.478 e. The Morgan fingerprint density at radius 3 is 2.48 bits per heavy atom. The number of nitrogens with zero attached hydrogens (tertiary/aromatic N) is 1. The standard InChI is InChI=1S/C16H15NO4/c1-2-11(16(20)21)8-9-12-10-14(18)17(15(12)19)13-6-4-3-5-7-13/h3-8,10H,2,9H2,1H3,(H,20,21). The molecule has 21 heavy (non-hydrogen) atoms. The number of para-hydroxylation sites is 1. The molecule has 0 atom stereocenters. The highest BCUT2D eigenvalue weighted by Crippen LogP contribution is 2.24. The Morgan fingerprint density at radius 2 is 1.90 bits per heavy atom. The molecule has 0 bridgehead atoms. The number of hydrogen-bond acceptors (Lipinski definition) is 3. The highest BCUT2D eigenvalue weighted by molar-refractivity contribution is 6.30. The lowest BCUT2D eigenvalue weighted by Crippen LogP contribution is -2.30. The Balaban J connectivity index is 2.18. The maximum absolute atomic E-state index is 12.2. The van der Waals surface area contributed by atoms with Crippen LogP contribution in [-0.4, -0.2) is 22.9 Å². The van der Waals surface area contributed by atoms with Crippen molar-refractivity contribution in [3.63, 3.8) is 0 Å². The number of allylic oxidation sites excluding steroid dienone is 1. The van der Waals surface area contributed by atoms with Crippen LogP contribution in [0.5, 0.6) is 0 Å². The van der Waals surface area contributed by atoms with Gasteiger partial charge in [-0.3, -0.25) is 9.59 Å². The summed E-state index contributed by atoms with van der Waals surface area (Å²) in [6.07, 6.45) is 3.26. The second kappa shape index (κ2) is 6.17. The number of aliphatic carboxylic acids is 1. The monoisotopic (exact) mass is 285 g/mol. The third kappa shape index (κ3) is 3.08. The Bertz CT molecular complexity index is 644. The molecule has 5 nitrogen and oxygen atoms in total. The number of hydrogen-bond donors (Lipinski definition) is 1. The second-order valence-corrected chi connectivity index (χ2v) is 4.58. The third-order valence-electron chi connectivity index (χ3n) is 3.23. The second-order valence-electron chi connectivity index (χ2n) is 4.58. The summed E-state index contributed by atoms with van der Waals surface area (Å²) in [5, 5.41) is 8.95. The fourth-order valence-corrected chi connectivity index (χ4v) is 2.10. The van der Waals surface area contributed by atoms with E-state index in [1.807, 2.05) is 0 Å². The predicted molar refractivity (Wildman–Crippen MR) is 77.6 cm³/mol. The van der Waals surface area contributed by atoms with Crippen molar-refractivity contribution in [1.29, 1.82) is 0 Å². The molecule has 1 aliphatic rings. The van der Waals surface area contributed by atoms with Crippen molar-refractivity contribution in [1.82, 2.24) is 0 Å². The number of rotatable bonds is 5. The van der Waals surface area contributed by atoms with E-state index in [1.165, 1.54) is 12.2 Å². The van der Waals surface area contributed by atoms with Gasteiger partial charge in [0.2, 0.25) is 0 Å². The van der Waals surface area contributed by atoms with Gasteiger partial charge in [-0.05, 0) is 25.0 Å². The van der Waals surface area contributed by atoms with Crippen LogP contribution in [0, 0.1) is 0 Å². The van der Waals surface area contributed by atoms with Gasteiger partial charge in [-0.2, -0.15) is 0 Å². The minimum absolute atomic E-state index is 0.142. The van der Waals surface area contributed by atoms with Crippen molar-refractivity contribution in [3.8, 4) is 0 Å². The summed E-state index contributed by atoms with van der Waals surface area (Å²) < 4.78 is 0. The first kappa shape index (κ1) is 14.7. The zero-order valence-electron chi connectivity index (χ0n) is 11.6. The minimum atomic E-state index is -1.00. The van der Waals surface area contributed by atoms with Gasteiger partial charge in [0.15, 0.2) is 0 Å². The fourth-order valence-electron chi connectivity index (χ4n) is 2.10. The summed E-state index contributed by atoms with van der Waals surface area (Å²) in [5.74, 6) is -1.80. The average molecular weight is 285 g/mol. The number of amides is 2. The number of anilines is 1. The zero-order chi connectivity index (χ0) is 15.4. The third-order valence-corrected chi connectivity index (χ3v) is 3.23. The van der Waals surface area contributed by atoms with Crippen molar-refractivity contribution < 1.29 is 19.5 Å². The molecule has 5 heteroatoms. The van der Waals surface area contributed by atoms with Crippen LogP contribution in [0.1, 0.15) is 19.8 Å². The number of carboxylic acids is 1. The molecule has 0 fully saturated rings. The molecular formula is C16H15NO4. The van der Waals surface area contributed by atoms with E-state index in [2.05, 4.69) is 0 Å². The van der Waals surface area contributed by atoms with Gasteiger partial charge in [-0.1, -0.05) is 31.2 Å². The number of carbonyl (C=O) groups is 3. The Morgan fingerprint density at radius 1 is 1.24 bits per heavy atom. The molecule has 1 aromatic rings. The maximum atomic E-state index is 12.2. The predicted octanol–water partition coefficient (Wildman–Crippen LogP) is 2.30. The Hall–Kier alpha value is -2.69. The van der Waals surface area contributed by atoms with E-state index in [0.29, 0.717) is 17.7 Å². The van der Waals surface area contributed by atoms with Gasteiger partial charge < -0.3 is 5.11 Å². The van der Waals surface area contributed by atoms with E-state index in [4.69, 9.17) is 5.11 Å². The molecular weight excluding hydrogens is 270 g/mol. The number of benzene rings is 1. The lowest BCUT2D eigenvalue weighted by atomic mass is 10.1. The molecule has 2 amide bonds. The molecule has 108 valence electrons. The lowest BCUT2D eigenvalue weighted by molar-refractivity contribution is -0.132. The van der Waals surface area contributed by atoms with E-state index in [0.717, 1.165) is 4.90 Å². The largest absolute Gasteiger partial charge is 0.478 e. The van der Waals surface area contributed by atoms with Crippen molar-refractivity contribution in [2.75, 3.05) is 4.90 Å². The molecule has 1 heterocycles. The molecule has 0 aromatic heterocycles. The van der Waals surface area contributed by atoms with Crippen LogP contribution >= 0.6 is 0 Å². The van der Waals surface area contributed by atoms with E-state index in [9.17, 15) is 14.4 Å². The van der Waals surface area contributed by atoms with Gasteiger partial charge >= 0.3 is 5.97 Å². The van der Waals surface area contributed by atoms with Crippen LogP contribution in [0.3, 0.4) is 0 Å². The van der Waals surface area contributed by atoms with Crippen molar-refractivity contribution in [2.24, 2.45) is 0 Å². The van der Waals surface area contributed by atoms with Gasteiger partial charge in [-0.25, -0.2) is 9.69 Å². The zero-order valence-corrected chi connectivity index (χ0v) is 11.6. The van der Waals surface area contributed by atoms with Crippen molar-refractivity contribution in [2.45, 2.75) is 19.8 Å². The van der Waals surface area contributed by atoms with Crippen LogP contribution in [0.15, 0.2) is 53.6 Å². The molecule has 0 spiro atoms. The Kier molecular flexibility index (Phi) is 4.33. The molecule has 0 saturated heterocycles. The van der Waals surface area contributed by atoms with Crippen LogP contribution in [0.2, 0.25) is 0 Å². The van der Waals surface area contributed by atoms with Crippen LogP contribution in [0.25, 0.3) is 0 Å². The summed E-state index contributed by atoms with van der Waals surface area (Å²) in [7, 11) is 0. The van der Waals surface area contributed by atoms with Crippen molar-refractivity contribution in [3.05, 3.63) is 53.6 Å².